The smallest absolute Gasteiger partial charge is 0.137 e. The van der Waals surface area contributed by atoms with Crippen molar-refractivity contribution in [2.24, 2.45) is 0 Å². The molecule has 1 aromatic carbocycles. The van der Waals surface area contributed by atoms with Crippen molar-refractivity contribution in [3.8, 4) is 0 Å². The highest BCUT2D eigenvalue weighted by Gasteiger charge is 2.17. The van der Waals surface area contributed by atoms with Crippen LogP contribution in [0.2, 0.25) is 0 Å². The Kier molecular flexibility index (Phi) is 3.69. The second-order valence-electron chi connectivity index (χ2n) is 5.47. The van der Waals surface area contributed by atoms with Crippen LogP contribution in [-0.4, -0.2) is 40.5 Å². The van der Waals surface area contributed by atoms with Crippen molar-refractivity contribution in [3.63, 3.8) is 0 Å². The molecule has 0 aliphatic carbocycles. The van der Waals surface area contributed by atoms with E-state index in [0.717, 1.165) is 29.0 Å². The standard InChI is InChI=1S/C15H21N5/c1-11(20-6-2-3-7-20)9-17-15-13-5-4-12(16)8-14(13)18-10-19-15/h4-5,8,10-11H,2-3,6-7,9,16H2,1H3,(H,17,18,19). The van der Waals surface area contributed by atoms with E-state index < -0.39 is 0 Å². The van der Waals surface area contributed by atoms with Gasteiger partial charge in [-0.3, -0.25) is 4.90 Å². The lowest BCUT2D eigenvalue weighted by Crippen LogP contribution is -2.35. The molecule has 3 N–H and O–H groups in total. The fourth-order valence-corrected chi connectivity index (χ4v) is 2.77. The zero-order chi connectivity index (χ0) is 13.9. The molecule has 1 saturated heterocycles. The summed E-state index contributed by atoms with van der Waals surface area (Å²) in [6.07, 6.45) is 4.23. The van der Waals surface area contributed by atoms with Crippen LogP contribution < -0.4 is 11.1 Å². The van der Waals surface area contributed by atoms with Crippen molar-refractivity contribution >= 4 is 22.4 Å². The Morgan fingerprint density at radius 1 is 1.30 bits per heavy atom. The van der Waals surface area contributed by atoms with E-state index in [2.05, 4.69) is 27.1 Å². The van der Waals surface area contributed by atoms with Crippen molar-refractivity contribution in [2.45, 2.75) is 25.8 Å². The molecule has 5 nitrogen and oxygen atoms in total. The summed E-state index contributed by atoms with van der Waals surface area (Å²) in [5.74, 6) is 0.890. The number of nitrogens with one attached hydrogen (secondary N) is 1. The maximum absolute atomic E-state index is 5.79. The number of hydrogen-bond donors (Lipinski definition) is 2. The van der Waals surface area contributed by atoms with Crippen LogP contribution in [0.25, 0.3) is 10.9 Å². The maximum Gasteiger partial charge on any atom is 0.137 e. The molecule has 1 aliphatic rings. The van der Waals surface area contributed by atoms with Crippen LogP contribution in [0.5, 0.6) is 0 Å². The van der Waals surface area contributed by atoms with Crippen LogP contribution >= 0.6 is 0 Å². The minimum atomic E-state index is 0.524. The largest absolute Gasteiger partial charge is 0.399 e. The van der Waals surface area contributed by atoms with E-state index in [1.165, 1.54) is 25.9 Å². The third-order valence-corrected chi connectivity index (χ3v) is 3.99. The predicted octanol–water partition coefficient (Wildman–Crippen LogP) is 2.11. The summed E-state index contributed by atoms with van der Waals surface area (Å²) in [4.78, 5) is 11.1. The average Bonchev–Trinajstić information content (AvgIpc) is 2.98. The summed E-state index contributed by atoms with van der Waals surface area (Å²) in [6.45, 7) is 5.59. The van der Waals surface area contributed by atoms with Crippen LogP contribution in [0, 0.1) is 0 Å². The van der Waals surface area contributed by atoms with Gasteiger partial charge >= 0.3 is 0 Å². The highest BCUT2D eigenvalue weighted by Crippen LogP contribution is 2.21. The molecule has 1 unspecified atom stereocenters. The number of nitrogen functional groups attached to an aromatic ring is 1. The summed E-state index contributed by atoms with van der Waals surface area (Å²) in [6, 6.07) is 6.27. The van der Waals surface area contributed by atoms with Crippen molar-refractivity contribution in [3.05, 3.63) is 24.5 Å². The molecule has 2 heterocycles. The van der Waals surface area contributed by atoms with Crippen molar-refractivity contribution in [1.29, 1.82) is 0 Å². The Morgan fingerprint density at radius 2 is 2.10 bits per heavy atom. The fraction of sp³-hybridized carbons (Fsp3) is 0.467. The topological polar surface area (TPSA) is 67.1 Å². The third kappa shape index (κ3) is 2.67. The van der Waals surface area contributed by atoms with Crippen LogP contribution in [0.3, 0.4) is 0 Å². The van der Waals surface area contributed by atoms with Crippen molar-refractivity contribution in [1.82, 2.24) is 14.9 Å². The van der Waals surface area contributed by atoms with Gasteiger partial charge in [-0.15, -0.1) is 0 Å². The Balaban J connectivity index is 1.74. The molecule has 3 rings (SSSR count). The quantitative estimate of drug-likeness (QED) is 0.834. The van der Waals surface area contributed by atoms with Gasteiger partial charge in [-0.1, -0.05) is 0 Å². The second kappa shape index (κ2) is 5.63. The van der Waals surface area contributed by atoms with E-state index in [9.17, 15) is 0 Å². The number of aromatic nitrogens is 2. The lowest BCUT2D eigenvalue weighted by molar-refractivity contribution is 0.269. The molecule has 0 bridgehead atoms. The fourth-order valence-electron chi connectivity index (χ4n) is 2.77. The first kappa shape index (κ1) is 13.1. The minimum Gasteiger partial charge on any atom is -0.399 e. The number of nitrogens with zero attached hydrogens (tertiary/aromatic N) is 3. The molecule has 5 heteroatoms. The zero-order valence-electron chi connectivity index (χ0n) is 11.8. The third-order valence-electron chi connectivity index (χ3n) is 3.99. The van der Waals surface area contributed by atoms with Crippen molar-refractivity contribution < 1.29 is 0 Å². The number of hydrogen-bond acceptors (Lipinski definition) is 5. The number of likely N-dealkylation sites (tertiary alicyclic amines) is 1. The Morgan fingerprint density at radius 3 is 2.90 bits per heavy atom. The first-order valence-electron chi connectivity index (χ1n) is 7.22. The summed E-state index contributed by atoms with van der Waals surface area (Å²) in [5.41, 5.74) is 7.41. The molecule has 0 spiro atoms. The van der Waals surface area contributed by atoms with Gasteiger partial charge in [0.05, 0.1) is 5.52 Å². The van der Waals surface area contributed by atoms with Crippen LogP contribution in [0.1, 0.15) is 19.8 Å². The Labute approximate surface area is 119 Å². The normalized spacial score (nSPS) is 17.4. The molecule has 1 atom stereocenters. The molecule has 20 heavy (non-hydrogen) atoms. The van der Waals surface area contributed by atoms with E-state index in [4.69, 9.17) is 5.73 Å². The summed E-state index contributed by atoms with van der Waals surface area (Å²) < 4.78 is 0. The first-order valence-corrected chi connectivity index (χ1v) is 7.22. The molecular weight excluding hydrogens is 250 g/mol. The molecule has 0 radical (unpaired) electrons. The van der Waals surface area contributed by atoms with Gasteiger partial charge in [0.15, 0.2) is 0 Å². The average molecular weight is 271 g/mol. The highest BCUT2D eigenvalue weighted by atomic mass is 15.2. The molecule has 0 amide bonds. The lowest BCUT2D eigenvalue weighted by Gasteiger charge is -2.24. The summed E-state index contributed by atoms with van der Waals surface area (Å²) in [5, 5.41) is 4.47. The molecular formula is C15H21N5. The molecule has 2 aromatic rings. The Hall–Kier alpha value is -1.88. The number of benzene rings is 1. The van der Waals surface area contributed by atoms with Crippen LogP contribution in [0.4, 0.5) is 11.5 Å². The molecule has 1 fully saturated rings. The predicted molar refractivity (Wildman–Crippen MR) is 82.7 cm³/mol. The molecule has 1 aliphatic heterocycles. The van der Waals surface area contributed by atoms with Gasteiger partial charge in [0.2, 0.25) is 0 Å². The lowest BCUT2D eigenvalue weighted by atomic mass is 10.2. The number of fused-ring (bicyclic) bond motifs is 1. The van der Waals surface area contributed by atoms with Crippen LogP contribution in [-0.2, 0) is 0 Å². The number of rotatable bonds is 4. The van der Waals surface area contributed by atoms with Gasteiger partial charge in [0.1, 0.15) is 12.1 Å². The van der Waals surface area contributed by atoms with Gasteiger partial charge in [-0.05, 0) is 51.1 Å². The second-order valence-corrected chi connectivity index (χ2v) is 5.47. The van der Waals surface area contributed by atoms with Gasteiger partial charge in [0.25, 0.3) is 0 Å². The van der Waals surface area contributed by atoms with Gasteiger partial charge in [-0.2, -0.15) is 0 Å². The maximum atomic E-state index is 5.79. The Bertz CT molecular complexity index is 592. The highest BCUT2D eigenvalue weighted by molar-refractivity contribution is 5.90. The summed E-state index contributed by atoms with van der Waals surface area (Å²) >= 11 is 0. The van der Waals surface area contributed by atoms with Gasteiger partial charge in [-0.25, -0.2) is 9.97 Å². The van der Waals surface area contributed by atoms with Crippen LogP contribution in [0.15, 0.2) is 24.5 Å². The monoisotopic (exact) mass is 271 g/mol. The zero-order valence-corrected chi connectivity index (χ0v) is 11.8. The number of nitrogens with two attached hydrogens (primary N) is 1. The van der Waals surface area contributed by atoms with Gasteiger partial charge < -0.3 is 11.1 Å². The van der Waals surface area contributed by atoms with Gasteiger partial charge in [0, 0.05) is 23.7 Å². The van der Waals surface area contributed by atoms with E-state index in [-0.39, 0.29) is 0 Å². The molecule has 106 valence electrons. The SMILES string of the molecule is CC(CNc1ncnc2cc(N)ccc12)N1CCCC1. The number of anilines is 2. The van der Waals surface area contributed by atoms with E-state index in [1.54, 1.807) is 6.33 Å². The molecule has 0 saturated carbocycles. The minimum absolute atomic E-state index is 0.524. The van der Waals surface area contributed by atoms with Crippen molar-refractivity contribution in [2.75, 3.05) is 30.7 Å². The molecule has 1 aromatic heterocycles. The van der Waals surface area contributed by atoms with E-state index in [0.29, 0.717) is 6.04 Å². The van der Waals surface area contributed by atoms with E-state index >= 15 is 0 Å². The first-order chi connectivity index (χ1) is 9.74. The summed E-state index contributed by atoms with van der Waals surface area (Å²) in [7, 11) is 0. The van der Waals surface area contributed by atoms with E-state index in [1.807, 2.05) is 18.2 Å².